The molecule has 0 radical (unpaired) electrons. The van der Waals surface area contributed by atoms with Crippen molar-refractivity contribution in [3.63, 3.8) is 0 Å². The summed E-state index contributed by atoms with van der Waals surface area (Å²) < 4.78 is 2.03. The second-order valence-electron chi connectivity index (χ2n) is 4.09. The van der Waals surface area contributed by atoms with Gasteiger partial charge < -0.3 is 9.88 Å². The first kappa shape index (κ1) is 11.1. The molecule has 2 rings (SSSR count). The van der Waals surface area contributed by atoms with Crippen molar-refractivity contribution in [1.29, 1.82) is 5.26 Å². The highest BCUT2D eigenvalue weighted by atomic mass is 15.2. The molecule has 1 aromatic rings. The molecule has 0 bridgehead atoms. The molecular formula is C11H17N5. The van der Waals surface area contributed by atoms with Gasteiger partial charge in [-0.2, -0.15) is 5.26 Å². The molecule has 86 valence electrons. The summed E-state index contributed by atoms with van der Waals surface area (Å²) in [4.78, 5) is 6.52. The smallest absolute Gasteiger partial charge is 0.110 e. The van der Waals surface area contributed by atoms with E-state index in [0.717, 1.165) is 38.4 Å². The lowest BCUT2D eigenvalue weighted by atomic mass is 10.2. The first-order valence-corrected chi connectivity index (χ1v) is 5.62. The molecule has 0 aliphatic carbocycles. The fourth-order valence-corrected chi connectivity index (χ4v) is 2.02. The minimum Gasteiger partial charge on any atom is -0.338 e. The molecule has 0 amide bonds. The molecule has 2 heterocycles. The molecule has 0 spiro atoms. The number of aryl methyl sites for hydroxylation is 1. The Labute approximate surface area is 95.7 Å². The Kier molecular flexibility index (Phi) is 3.54. The van der Waals surface area contributed by atoms with Gasteiger partial charge in [-0.25, -0.2) is 4.98 Å². The summed E-state index contributed by atoms with van der Waals surface area (Å²) >= 11 is 0. The third kappa shape index (κ3) is 2.40. The Morgan fingerprint density at radius 1 is 1.69 bits per heavy atom. The van der Waals surface area contributed by atoms with Crippen LogP contribution >= 0.6 is 0 Å². The predicted molar refractivity (Wildman–Crippen MR) is 60.8 cm³/mol. The second-order valence-corrected chi connectivity index (χ2v) is 4.09. The summed E-state index contributed by atoms with van der Waals surface area (Å²) in [7, 11) is 2.00. The van der Waals surface area contributed by atoms with E-state index in [9.17, 15) is 0 Å². The Balaban J connectivity index is 1.89. The Morgan fingerprint density at radius 3 is 3.25 bits per heavy atom. The van der Waals surface area contributed by atoms with E-state index in [1.807, 2.05) is 24.0 Å². The van der Waals surface area contributed by atoms with E-state index >= 15 is 0 Å². The van der Waals surface area contributed by atoms with Gasteiger partial charge in [0.25, 0.3) is 0 Å². The SMILES string of the molecule is Cn1ccnc1CCN1CCNCC1C#N. The van der Waals surface area contributed by atoms with Gasteiger partial charge in [0.15, 0.2) is 0 Å². The third-order valence-corrected chi connectivity index (χ3v) is 3.05. The molecule has 0 saturated carbocycles. The minimum absolute atomic E-state index is 0.00835. The highest BCUT2D eigenvalue weighted by Crippen LogP contribution is 2.04. The molecule has 1 unspecified atom stereocenters. The van der Waals surface area contributed by atoms with E-state index in [2.05, 4.69) is 21.3 Å². The lowest BCUT2D eigenvalue weighted by molar-refractivity contribution is 0.198. The van der Waals surface area contributed by atoms with E-state index in [1.54, 1.807) is 0 Å². The Morgan fingerprint density at radius 2 is 2.56 bits per heavy atom. The molecule has 1 N–H and O–H groups in total. The average Bonchev–Trinajstić information content (AvgIpc) is 2.72. The van der Waals surface area contributed by atoms with Crippen molar-refractivity contribution in [3.8, 4) is 6.07 Å². The number of aromatic nitrogens is 2. The highest BCUT2D eigenvalue weighted by molar-refractivity contribution is 4.98. The molecule has 1 aliphatic heterocycles. The topological polar surface area (TPSA) is 56.9 Å². The molecule has 1 saturated heterocycles. The molecule has 1 aliphatic rings. The van der Waals surface area contributed by atoms with Crippen LogP contribution in [-0.2, 0) is 13.5 Å². The van der Waals surface area contributed by atoms with E-state index in [4.69, 9.17) is 5.26 Å². The maximum absolute atomic E-state index is 9.02. The van der Waals surface area contributed by atoms with Crippen molar-refractivity contribution in [3.05, 3.63) is 18.2 Å². The van der Waals surface area contributed by atoms with Crippen LogP contribution in [0.5, 0.6) is 0 Å². The van der Waals surface area contributed by atoms with Crippen LogP contribution in [0.4, 0.5) is 0 Å². The Bertz CT molecular complexity index is 378. The first-order chi connectivity index (χ1) is 7.81. The van der Waals surface area contributed by atoms with Crippen LogP contribution in [0.3, 0.4) is 0 Å². The van der Waals surface area contributed by atoms with Gasteiger partial charge in [-0.05, 0) is 0 Å². The number of piperazine rings is 1. The van der Waals surface area contributed by atoms with Crippen LogP contribution in [0, 0.1) is 11.3 Å². The lowest BCUT2D eigenvalue weighted by Gasteiger charge is -2.31. The quantitative estimate of drug-likeness (QED) is 0.762. The largest absolute Gasteiger partial charge is 0.338 e. The van der Waals surface area contributed by atoms with Gasteiger partial charge >= 0.3 is 0 Å². The number of imidazole rings is 1. The minimum atomic E-state index is 0.00835. The number of rotatable bonds is 3. The van der Waals surface area contributed by atoms with Crippen LogP contribution in [0.2, 0.25) is 0 Å². The van der Waals surface area contributed by atoms with Gasteiger partial charge in [0.05, 0.1) is 6.07 Å². The normalized spacial score (nSPS) is 21.9. The highest BCUT2D eigenvalue weighted by Gasteiger charge is 2.21. The summed E-state index contributed by atoms with van der Waals surface area (Å²) in [5.41, 5.74) is 0. The molecular weight excluding hydrogens is 202 g/mol. The van der Waals surface area contributed by atoms with Crippen LogP contribution in [0.1, 0.15) is 5.82 Å². The van der Waals surface area contributed by atoms with Crippen molar-refractivity contribution in [2.45, 2.75) is 12.5 Å². The van der Waals surface area contributed by atoms with Gasteiger partial charge in [0, 0.05) is 52.0 Å². The molecule has 1 aromatic heterocycles. The average molecular weight is 219 g/mol. The summed E-state index contributed by atoms with van der Waals surface area (Å²) in [6.07, 6.45) is 4.67. The van der Waals surface area contributed by atoms with Crippen molar-refractivity contribution in [2.75, 3.05) is 26.2 Å². The summed E-state index contributed by atoms with van der Waals surface area (Å²) in [5, 5.41) is 12.3. The number of nitriles is 1. The maximum Gasteiger partial charge on any atom is 0.110 e. The fourth-order valence-electron chi connectivity index (χ4n) is 2.02. The monoisotopic (exact) mass is 219 g/mol. The van der Waals surface area contributed by atoms with E-state index < -0.39 is 0 Å². The molecule has 1 fully saturated rings. The molecule has 1 atom stereocenters. The summed E-state index contributed by atoms with van der Waals surface area (Å²) in [6, 6.07) is 2.34. The van der Waals surface area contributed by atoms with E-state index in [0.29, 0.717) is 0 Å². The summed E-state index contributed by atoms with van der Waals surface area (Å²) in [5.74, 6) is 1.08. The van der Waals surface area contributed by atoms with E-state index in [-0.39, 0.29) is 6.04 Å². The van der Waals surface area contributed by atoms with Crippen molar-refractivity contribution >= 4 is 0 Å². The van der Waals surface area contributed by atoms with Crippen molar-refractivity contribution < 1.29 is 0 Å². The number of nitrogens with one attached hydrogen (secondary N) is 1. The van der Waals surface area contributed by atoms with Crippen molar-refractivity contribution in [2.24, 2.45) is 7.05 Å². The zero-order valence-electron chi connectivity index (χ0n) is 9.56. The maximum atomic E-state index is 9.02. The zero-order chi connectivity index (χ0) is 11.4. The fraction of sp³-hybridized carbons (Fsp3) is 0.636. The third-order valence-electron chi connectivity index (χ3n) is 3.05. The second kappa shape index (κ2) is 5.10. The first-order valence-electron chi connectivity index (χ1n) is 5.62. The molecule has 0 aromatic carbocycles. The number of hydrogen-bond acceptors (Lipinski definition) is 4. The van der Waals surface area contributed by atoms with Crippen LogP contribution in [-0.4, -0.2) is 46.7 Å². The molecule has 16 heavy (non-hydrogen) atoms. The van der Waals surface area contributed by atoms with Crippen LogP contribution < -0.4 is 5.32 Å². The van der Waals surface area contributed by atoms with Crippen LogP contribution in [0.15, 0.2) is 12.4 Å². The van der Waals surface area contributed by atoms with Gasteiger partial charge in [-0.15, -0.1) is 0 Å². The standard InChI is InChI=1S/C11H17N5/c1-15-6-4-14-11(15)2-5-16-7-3-13-9-10(16)8-12/h4,6,10,13H,2-3,5,7,9H2,1H3. The van der Waals surface area contributed by atoms with Gasteiger partial charge in [-0.1, -0.05) is 0 Å². The van der Waals surface area contributed by atoms with Gasteiger partial charge in [0.2, 0.25) is 0 Å². The van der Waals surface area contributed by atoms with E-state index in [1.165, 1.54) is 0 Å². The lowest BCUT2D eigenvalue weighted by Crippen LogP contribution is -2.51. The number of nitrogens with zero attached hydrogens (tertiary/aromatic N) is 4. The van der Waals surface area contributed by atoms with Crippen LogP contribution in [0.25, 0.3) is 0 Å². The van der Waals surface area contributed by atoms with Gasteiger partial charge in [0.1, 0.15) is 11.9 Å². The molecule has 5 heteroatoms. The Hall–Kier alpha value is -1.38. The predicted octanol–water partition coefficient (Wildman–Crippen LogP) is -0.240. The zero-order valence-corrected chi connectivity index (χ0v) is 9.56. The number of hydrogen-bond donors (Lipinski definition) is 1. The van der Waals surface area contributed by atoms with Gasteiger partial charge in [-0.3, -0.25) is 4.90 Å². The molecule has 5 nitrogen and oxygen atoms in total. The van der Waals surface area contributed by atoms with Crippen molar-refractivity contribution in [1.82, 2.24) is 19.8 Å². The summed E-state index contributed by atoms with van der Waals surface area (Å²) in [6.45, 7) is 3.60.